The average molecular weight is 388 g/mol. The highest BCUT2D eigenvalue weighted by Gasteiger charge is 2.38. The summed E-state index contributed by atoms with van der Waals surface area (Å²) >= 11 is 0. The highest BCUT2D eigenvalue weighted by molar-refractivity contribution is 7.89. The Morgan fingerprint density at radius 1 is 1.11 bits per heavy atom. The summed E-state index contributed by atoms with van der Waals surface area (Å²) in [6.45, 7) is 5.61. The van der Waals surface area contributed by atoms with Crippen molar-refractivity contribution in [1.29, 1.82) is 0 Å². The van der Waals surface area contributed by atoms with Crippen molar-refractivity contribution in [2.45, 2.75) is 50.1 Å². The number of amides is 1. The van der Waals surface area contributed by atoms with Crippen molar-refractivity contribution < 1.29 is 17.9 Å². The number of benzene rings is 2. The molecule has 0 aromatic heterocycles. The molecule has 1 aliphatic rings. The van der Waals surface area contributed by atoms with Gasteiger partial charge in [0.1, 0.15) is 11.5 Å². The van der Waals surface area contributed by atoms with E-state index in [2.05, 4.69) is 10.0 Å². The van der Waals surface area contributed by atoms with Crippen LogP contribution in [0.3, 0.4) is 0 Å². The van der Waals surface area contributed by atoms with E-state index in [1.807, 2.05) is 45.0 Å². The lowest BCUT2D eigenvalue weighted by Crippen LogP contribution is -2.61. The zero-order chi connectivity index (χ0) is 19.7. The quantitative estimate of drug-likeness (QED) is 0.824. The number of carbonyl (C=O) groups excluding carboxylic acids is 1. The first-order chi connectivity index (χ1) is 12.7. The zero-order valence-corrected chi connectivity index (χ0v) is 16.5. The number of piperidine rings is 1. The Hall–Kier alpha value is -2.38. The predicted octanol–water partition coefficient (Wildman–Crippen LogP) is 3.12. The zero-order valence-electron chi connectivity index (χ0n) is 15.7. The van der Waals surface area contributed by atoms with Gasteiger partial charge in [-0.1, -0.05) is 12.1 Å². The Balaban J connectivity index is 1.72. The van der Waals surface area contributed by atoms with Gasteiger partial charge >= 0.3 is 0 Å². The lowest BCUT2D eigenvalue weighted by Gasteiger charge is -2.39. The van der Waals surface area contributed by atoms with E-state index in [0.717, 1.165) is 5.56 Å². The Morgan fingerprint density at radius 2 is 1.81 bits per heavy atom. The second-order valence-electron chi connectivity index (χ2n) is 7.37. The molecule has 0 aliphatic carbocycles. The Kier molecular flexibility index (Phi) is 5.26. The van der Waals surface area contributed by atoms with Crippen molar-refractivity contribution in [3.63, 3.8) is 0 Å². The van der Waals surface area contributed by atoms with Gasteiger partial charge in [0, 0.05) is 12.5 Å². The van der Waals surface area contributed by atoms with Crippen LogP contribution in [0, 0.1) is 6.92 Å². The molecule has 7 heteroatoms. The number of rotatable bonds is 5. The molecule has 0 bridgehead atoms. The first kappa shape index (κ1) is 19.4. The second kappa shape index (κ2) is 7.32. The Morgan fingerprint density at radius 3 is 2.44 bits per heavy atom. The third kappa shape index (κ3) is 4.67. The Labute approximate surface area is 160 Å². The van der Waals surface area contributed by atoms with E-state index in [9.17, 15) is 13.2 Å². The summed E-state index contributed by atoms with van der Waals surface area (Å²) in [5, 5.41) is 2.83. The molecule has 1 heterocycles. The number of carbonyl (C=O) groups is 1. The number of hydrogen-bond acceptors (Lipinski definition) is 4. The molecule has 1 aliphatic heterocycles. The number of aryl methyl sites for hydroxylation is 1. The lowest BCUT2D eigenvalue weighted by atomic mass is 9.88. The summed E-state index contributed by atoms with van der Waals surface area (Å²) in [4.78, 5) is 11.7. The van der Waals surface area contributed by atoms with Crippen molar-refractivity contribution in [2.75, 3.05) is 0 Å². The highest BCUT2D eigenvalue weighted by Crippen LogP contribution is 2.25. The van der Waals surface area contributed by atoms with Gasteiger partial charge in [-0.15, -0.1) is 0 Å². The minimum atomic E-state index is -3.70. The standard InChI is InChI=1S/C20H24N2O4S/c1-14-5-4-6-16(13-14)26-15-7-9-17(10-8-15)27(24,25)22-18-11-12-19(23)21-20(18,2)3/h4-10,13,18,22H,11-12H2,1-3H3,(H,21,23). The third-order valence-corrected chi connectivity index (χ3v) is 6.14. The molecule has 27 heavy (non-hydrogen) atoms. The molecule has 1 amide bonds. The molecule has 0 saturated carbocycles. The monoisotopic (exact) mass is 388 g/mol. The minimum Gasteiger partial charge on any atom is -0.457 e. The van der Waals surface area contributed by atoms with Gasteiger partial charge in [0.2, 0.25) is 15.9 Å². The molecule has 2 N–H and O–H groups in total. The fourth-order valence-corrected chi connectivity index (χ4v) is 4.53. The summed E-state index contributed by atoms with van der Waals surface area (Å²) < 4.78 is 33.9. The topological polar surface area (TPSA) is 84.5 Å². The first-order valence-electron chi connectivity index (χ1n) is 8.84. The van der Waals surface area contributed by atoms with Gasteiger partial charge in [0.25, 0.3) is 0 Å². The SMILES string of the molecule is Cc1cccc(Oc2ccc(S(=O)(=O)NC3CCC(=O)NC3(C)C)cc2)c1. The second-order valence-corrected chi connectivity index (χ2v) is 9.09. The van der Waals surface area contributed by atoms with Crippen LogP contribution in [0.4, 0.5) is 0 Å². The molecule has 3 rings (SSSR count). The first-order valence-corrected chi connectivity index (χ1v) is 10.3. The summed E-state index contributed by atoms with van der Waals surface area (Å²) in [7, 11) is -3.70. The molecule has 2 aromatic rings. The predicted molar refractivity (Wildman–Crippen MR) is 103 cm³/mol. The molecular formula is C20H24N2O4S. The van der Waals surface area contributed by atoms with Gasteiger partial charge in [-0.3, -0.25) is 4.79 Å². The van der Waals surface area contributed by atoms with E-state index in [1.54, 1.807) is 12.1 Å². The van der Waals surface area contributed by atoms with Gasteiger partial charge < -0.3 is 10.1 Å². The summed E-state index contributed by atoms with van der Waals surface area (Å²) in [6.07, 6.45) is 0.770. The highest BCUT2D eigenvalue weighted by atomic mass is 32.2. The smallest absolute Gasteiger partial charge is 0.240 e. The van der Waals surface area contributed by atoms with Crippen LogP contribution in [0.25, 0.3) is 0 Å². The van der Waals surface area contributed by atoms with Crippen molar-refractivity contribution >= 4 is 15.9 Å². The van der Waals surface area contributed by atoms with Gasteiger partial charge in [-0.05, 0) is 69.2 Å². The van der Waals surface area contributed by atoms with Gasteiger partial charge in [0.15, 0.2) is 0 Å². The summed E-state index contributed by atoms with van der Waals surface area (Å²) in [6, 6.07) is 13.5. The molecule has 2 aromatic carbocycles. The molecule has 1 fully saturated rings. The van der Waals surface area contributed by atoms with Crippen LogP contribution in [0.15, 0.2) is 53.4 Å². The minimum absolute atomic E-state index is 0.0619. The van der Waals surface area contributed by atoms with Crippen LogP contribution < -0.4 is 14.8 Å². The van der Waals surface area contributed by atoms with Crippen molar-refractivity contribution in [3.8, 4) is 11.5 Å². The van der Waals surface area contributed by atoms with Crippen molar-refractivity contribution in [3.05, 3.63) is 54.1 Å². The van der Waals surface area contributed by atoms with Crippen LogP contribution in [-0.4, -0.2) is 25.9 Å². The maximum absolute atomic E-state index is 12.7. The molecule has 0 spiro atoms. The number of nitrogens with one attached hydrogen (secondary N) is 2. The molecule has 6 nitrogen and oxygen atoms in total. The Bertz CT molecular complexity index is 937. The molecule has 1 atom stereocenters. The largest absolute Gasteiger partial charge is 0.457 e. The number of sulfonamides is 1. The molecule has 1 unspecified atom stereocenters. The van der Waals surface area contributed by atoms with E-state index in [0.29, 0.717) is 24.3 Å². The fourth-order valence-electron chi connectivity index (χ4n) is 3.11. The van der Waals surface area contributed by atoms with E-state index >= 15 is 0 Å². The molecule has 0 radical (unpaired) electrons. The fraction of sp³-hybridized carbons (Fsp3) is 0.350. The van der Waals surface area contributed by atoms with Gasteiger partial charge in [0.05, 0.1) is 10.4 Å². The van der Waals surface area contributed by atoms with Crippen LogP contribution in [-0.2, 0) is 14.8 Å². The lowest BCUT2D eigenvalue weighted by molar-refractivity contribution is -0.125. The van der Waals surface area contributed by atoms with Crippen LogP contribution >= 0.6 is 0 Å². The van der Waals surface area contributed by atoms with E-state index in [4.69, 9.17) is 4.74 Å². The third-order valence-electron chi connectivity index (χ3n) is 4.65. The number of ether oxygens (including phenoxy) is 1. The van der Waals surface area contributed by atoms with Crippen LogP contribution in [0.1, 0.15) is 32.3 Å². The van der Waals surface area contributed by atoms with Gasteiger partial charge in [-0.2, -0.15) is 0 Å². The maximum atomic E-state index is 12.7. The van der Waals surface area contributed by atoms with Gasteiger partial charge in [-0.25, -0.2) is 13.1 Å². The van der Waals surface area contributed by atoms with E-state index in [-0.39, 0.29) is 16.8 Å². The van der Waals surface area contributed by atoms with Crippen molar-refractivity contribution in [1.82, 2.24) is 10.0 Å². The van der Waals surface area contributed by atoms with Crippen LogP contribution in [0.2, 0.25) is 0 Å². The molecule has 144 valence electrons. The summed E-state index contributed by atoms with van der Waals surface area (Å²) in [5.74, 6) is 1.20. The van der Waals surface area contributed by atoms with E-state index in [1.165, 1.54) is 12.1 Å². The maximum Gasteiger partial charge on any atom is 0.240 e. The summed E-state index contributed by atoms with van der Waals surface area (Å²) in [5.41, 5.74) is 0.439. The normalized spacial score (nSPS) is 19.4. The molecular weight excluding hydrogens is 364 g/mol. The van der Waals surface area contributed by atoms with Crippen LogP contribution in [0.5, 0.6) is 11.5 Å². The van der Waals surface area contributed by atoms with Crippen molar-refractivity contribution in [2.24, 2.45) is 0 Å². The van der Waals surface area contributed by atoms with E-state index < -0.39 is 15.6 Å². The average Bonchev–Trinajstić information content (AvgIpc) is 2.57. The molecule has 1 saturated heterocycles. The number of hydrogen-bond donors (Lipinski definition) is 2.